The van der Waals surface area contributed by atoms with Crippen LogP contribution in [0, 0.1) is 0 Å². The lowest BCUT2D eigenvalue weighted by atomic mass is 10.0. The van der Waals surface area contributed by atoms with Crippen LogP contribution in [-0.2, 0) is 67.2 Å². The van der Waals surface area contributed by atoms with Gasteiger partial charge in [0.05, 0.1) is 0 Å². The van der Waals surface area contributed by atoms with Crippen molar-refractivity contribution < 1.29 is 98.6 Å². The van der Waals surface area contributed by atoms with Gasteiger partial charge in [-0.2, -0.15) is 0 Å². The second-order valence-electron chi connectivity index (χ2n) is 19.1. The normalized spacial score (nSPS) is 17.1. The highest BCUT2D eigenvalue weighted by Gasteiger charge is 2.36. The Labute approximate surface area is 472 Å². The lowest BCUT2D eigenvalue weighted by Crippen LogP contribution is -2.50. The largest absolute Gasteiger partial charge is 0.412 e. The molecule has 31 heteroatoms. The second-order valence-corrected chi connectivity index (χ2v) is 19.1. The first-order valence-corrected chi connectivity index (χ1v) is 26.1. The van der Waals surface area contributed by atoms with Crippen molar-refractivity contribution in [1.82, 2.24) is 52.2 Å². The fourth-order valence-electron chi connectivity index (χ4n) is 7.67. The van der Waals surface area contributed by atoms with E-state index in [0.29, 0.717) is 115 Å². The molecule has 0 aromatic carbocycles. The van der Waals surface area contributed by atoms with Crippen LogP contribution in [0.25, 0.3) is 0 Å². The Kier molecular flexibility index (Phi) is 41.0. The number of rotatable bonds is 23. The summed E-state index contributed by atoms with van der Waals surface area (Å²) in [5, 5.41) is 57.2. The van der Waals surface area contributed by atoms with Gasteiger partial charge in [-0.05, 0) is 57.8 Å². The molecule has 0 aromatic heterocycles. The van der Waals surface area contributed by atoms with Crippen LogP contribution < -0.4 is 37.2 Å². The van der Waals surface area contributed by atoms with Gasteiger partial charge in [0.1, 0.15) is 23.9 Å². The highest BCUT2D eigenvalue weighted by molar-refractivity contribution is 6.02. The zero-order valence-corrected chi connectivity index (χ0v) is 47.7. The number of hydrogen-bond donors (Lipinski definition) is 11. The van der Waals surface area contributed by atoms with Crippen LogP contribution in [0.1, 0.15) is 151 Å². The summed E-state index contributed by atoms with van der Waals surface area (Å²) < 4.78 is 0. The summed E-state index contributed by atoms with van der Waals surface area (Å²) >= 11 is 0. The number of ketones is 1. The zero-order valence-electron chi connectivity index (χ0n) is 46.9. The average Bonchev–Trinajstić information content (AvgIpc) is 3.65. The molecule has 9 amide bonds. The van der Waals surface area contributed by atoms with Crippen molar-refractivity contribution in [3.8, 4) is 0 Å². The number of unbranched alkanes of at least 4 members (excludes halogenated alkanes) is 3. The summed E-state index contributed by atoms with van der Waals surface area (Å²) in [4.78, 5) is 148. The molecule has 30 nitrogen and oxygen atoms in total. The van der Waals surface area contributed by atoms with Gasteiger partial charge in [-0.25, -0.2) is 9.59 Å². The molecule has 0 bridgehead atoms. The molecular formula is C49H89ClN10O20. The van der Waals surface area contributed by atoms with Crippen LogP contribution in [0.15, 0.2) is 0 Å². The number of carbonyl (C=O) groups is 12. The highest BCUT2D eigenvalue weighted by atomic mass is 35.5. The Balaban J connectivity index is -0.00000102. The zero-order chi connectivity index (χ0) is 58.1. The van der Waals surface area contributed by atoms with E-state index in [1.807, 2.05) is 0 Å². The smallest absolute Gasteiger partial charge is 0.355 e. The summed E-state index contributed by atoms with van der Waals surface area (Å²) in [5.74, 6) is -6.96. The Hall–Kier alpha value is -5.99. The van der Waals surface area contributed by atoms with Crippen molar-refractivity contribution >= 4 is 83.3 Å². The van der Waals surface area contributed by atoms with Crippen LogP contribution in [0.4, 0.5) is 0 Å². The van der Waals surface area contributed by atoms with E-state index in [1.165, 1.54) is 46.6 Å². The van der Waals surface area contributed by atoms with Gasteiger partial charge in [-0.15, -0.1) is 22.5 Å². The summed E-state index contributed by atoms with van der Waals surface area (Å²) in [6.45, 7) is 12.5. The molecule has 0 saturated carbocycles. The predicted molar refractivity (Wildman–Crippen MR) is 286 cm³/mol. The molecule has 4 heterocycles. The standard InChI is InChI=1S/C15H27N3O6.C15H25N3O4.C14H21N3O6.C5H11NO2.ClH.2H2O/c1-11(19)16-8-4-3-5-13(17-12(2)20)14(21)24-18-9-6-15(22,23)7-10-18;1-11(19)16-8-4-3-5-14(17-12(2)20)15(22)18-9-6-13(21)7-10-18;1-9(18)15-8-4-3-5-11(16-10(2)19)14(22)23-17-12(20)6-7-13(17)21;7-5(8)1-3-6-4-2-5;;;/h13,22-23H,3-10H2,1-2H3,(H,16,19)(H,17,20);14H,3-10H2,1-2H3,(H,16,19)(H,17,20);11H,3-8H2,1-2H3,(H,15,18)(H,16,19);6-8H,1-4H2;1H;2*1H2. The molecular weight excluding hydrogens is 1080 g/mol. The Morgan fingerprint density at radius 3 is 1.20 bits per heavy atom. The van der Waals surface area contributed by atoms with Crippen LogP contribution in [0.5, 0.6) is 0 Å². The third-order valence-electron chi connectivity index (χ3n) is 11.8. The van der Waals surface area contributed by atoms with E-state index in [9.17, 15) is 67.7 Å². The Morgan fingerprint density at radius 2 is 0.850 bits per heavy atom. The van der Waals surface area contributed by atoms with E-state index in [0.717, 1.165) is 12.8 Å². The molecule has 0 aliphatic carbocycles. The lowest BCUT2D eigenvalue weighted by Gasteiger charge is -2.33. The predicted octanol–water partition coefficient (Wildman–Crippen LogP) is -3.75. The number of piperidine rings is 3. The number of hydroxylamine groups is 4. The van der Waals surface area contributed by atoms with Crippen molar-refractivity contribution in [3.05, 3.63) is 0 Å². The fraction of sp³-hybridized carbons (Fsp3) is 0.755. The SMILES string of the molecule is CC(=O)NCCCCC(NC(C)=O)C(=O)N1CCC(=O)CC1.CC(=O)NCCCCC(NC(C)=O)C(=O)ON1C(=O)CCC1=O.CC(=O)NCCCCC(NC(C)=O)C(=O)ON1CCC(O)(O)CC1.Cl.O.O.OC1(O)CCNCC1. The third-order valence-corrected chi connectivity index (χ3v) is 11.8. The van der Waals surface area contributed by atoms with E-state index in [4.69, 9.17) is 19.9 Å². The van der Waals surface area contributed by atoms with Gasteiger partial charge in [-0.3, -0.25) is 47.9 Å². The fourth-order valence-corrected chi connectivity index (χ4v) is 7.67. The summed E-state index contributed by atoms with van der Waals surface area (Å²) in [6, 6.07) is -2.27. The van der Waals surface area contributed by atoms with Gasteiger partial charge in [0.25, 0.3) is 11.8 Å². The maximum absolute atomic E-state index is 12.4. The van der Waals surface area contributed by atoms with E-state index in [-0.39, 0.29) is 110 Å². The third kappa shape index (κ3) is 37.0. The minimum atomic E-state index is -1.72. The van der Waals surface area contributed by atoms with E-state index in [2.05, 4.69) is 37.2 Å². The Morgan fingerprint density at radius 1 is 0.500 bits per heavy atom. The van der Waals surface area contributed by atoms with Crippen LogP contribution >= 0.6 is 12.4 Å². The number of hydrogen-bond acceptors (Lipinski definition) is 20. The lowest BCUT2D eigenvalue weighted by molar-refractivity contribution is -0.243. The van der Waals surface area contributed by atoms with Gasteiger partial charge >= 0.3 is 11.9 Å². The van der Waals surface area contributed by atoms with Gasteiger partial charge in [0, 0.05) is 152 Å². The molecule has 80 heavy (non-hydrogen) atoms. The number of imide groups is 1. The molecule has 3 atom stereocenters. The van der Waals surface area contributed by atoms with E-state index < -0.39 is 59.4 Å². The number of aliphatic hydroxyl groups is 4. The first kappa shape index (κ1) is 78.2. The molecule has 4 rings (SSSR count). The summed E-state index contributed by atoms with van der Waals surface area (Å²) in [7, 11) is 0. The maximum atomic E-state index is 12.4. The molecule has 4 aliphatic heterocycles. The molecule has 0 aromatic rings. The summed E-state index contributed by atoms with van der Waals surface area (Å²) in [5.41, 5.74) is 0. The average molecular weight is 1170 g/mol. The first-order chi connectivity index (χ1) is 36.1. The number of amides is 9. The van der Waals surface area contributed by atoms with Crippen LogP contribution in [0.2, 0.25) is 0 Å². The van der Waals surface area contributed by atoms with Gasteiger partial charge in [0.2, 0.25) is 41.4 Å². The van der Waals surface area contributed by atoms with Crippen molar-refractivity contribution in [1.29, 1.82) is 0 Å². The van der Waals surface area contributed by atoms with Crippen molar-refractivity contribution in [2.75, 3.05) is 58.9 Å². The maximum Gasteiger partial charge on any atom is 0.355 e. The molecule has 4 aliphatic rings. The monoisotopic (exact) mass is 1170 g/mol. The molecule has 15 N–H and O–H groups in total. The number of nitrogens with zero attached hydrogens (tertiary/aromatic N) is 3. The van der Waals surface area contributed by atoms with Crippen molar-refractivity contribution in [2.24, 2.45) is 0 Å². The van der Waals surface area contributed by atoms with Gasteiger partial charge < -0.3 is 83.2 Å². The highest BCUT2D eigenvalue weighted by Crippen LogP contribution is 2.20. The quantitative estimate of drug-likeness (QED) is 0.0266. The second kappa shape index (κ2) is 41.9. The minimum Gasteiger partial charge on any atom is -0.412 e. The van der Waals surface area contributed by atoms with Gasteiger partial charge in [0.15, 0.2) is 11.6 Å². The number of likely N-dealkylation sites (tertiary alicyclic amines) is 1. The molecule has 0 spiro atoms. The van der Waals surface area contributed by atoms with Crippen molar-refractivity contribution in [3.63, 3.8) is 0 Å². The Bertz CT molecular complexity index is 1960. The summed E-state index contributed by atoms with van der Waals surface area (Å²) in [6.07, 6.45) is 7.03. The number of nitrogens with one attached hydrogen (secondary N) is 7. The molecule has 4 fully saturated rings. The minimum absolute atomic E-state index is 0. The molecule has 0 radical (unpaired) electrons. The molecule has 3 unspecified atom stereocenters. The van der Waals surface area contributed by atoms with Crippen LogP contribution in [-0.4, -0.2) is 206 Å². The number of carbonyl (C=O) groups excluding carboxylic acids is 12. The van der Waals surface area contributed by atoms with Crippen molar-refractivity contribution in [2.45, 2.75) is 180 Å². The number of Topliss-reactive ketones (excluding diaryl/α,β-unsaturated/α-hetero) is 1. The van der Waals surface area contributed by atoms with E-state index in [1.54, 1.807) is 4.90 Å². The number of halogens is 1. The molecule has 4 saturated heterocycles. The molecule has 462 valence electrons. The first-order valence-electron chi connectivity index (χ1n) is 26.1. The van der Waals surface area contributed by atoms with Gasteiger partial charge in [-0.1, -0.05) is 0 Å². The van der Waals surface area contributed by atoms with Crippen LogP contribution in [0.3, 0.4) is 0 Å². The van der Waals surface area contributed by atoms with E-state index >= 15 is 0 Å². The topological polar surface area (TPSA) is 461 Å².